The Morgan fingerprint density at radius 2 is 1.63 bits per heavy atom. The molecule has 0 aliphatic heterocycles. The first-order valence-electron chi connectivity index (χ1n) is 13.3. The van der Waals surface area contributed by atoms with E-state index in [1.54, 1.807) is 43.3 Å². The first-order chi connectivity index (χ1) is 19.7. The van der Waals surface area contributed by atoms with Gasteiger partial charge in [0.15, 0.2) is 5.82 Å². The second kappa shape index (κ2) is 13.3. The lowest BCUT2D eigenvalue weighted by Gasteiger charge is -2.19. The standard InChI is InChI=1S/C32H33N5O4/c1-5-10-27(33)29-30(40-21(2)38)31(37(3)4)36-28(35-29)19-22-15-17-24(18-16-22)34-32(39)23-11-9-14-26(20-23)41-25-12-7-6-8-13-25/h6-9,11-18,20,33H,5,10,19H2,1-4H3,(H,34,39). The molecule has 0 spiro atoms. The summed E-state index contributed by atoms with van der Waals surface area (Å²) < 4.78 is 11.3. The van der Waals surface area contributed by atoms with Gasteiger partial charge in [-0.2, -0.15) is 0 Å². The van der Waals surface area contributed by atoms with E-state index in [0.717, 1.165) is 12.0 Å². The van der Waals surface area contributed by atoms with Crippen LogP contribution < -0.4 is 19.7 Å². The molecule has 0 aliphatic carbocycles. The van der Waals surface area contributed by atoms with Crippen LogP contribution in [0.15, 0.2) is 78.9 Å². The Kier molecular flexibility index (Phi) is 9.42. The number of rotatable bonds is 11. The number of amides is 1. The predicted octanol–water partition coefficient (Wildman–Crippen LogP) is 6.27. The molecular weight excluding hydrogens is 518 g/mol. The SMILES string of the molecule is CCCC(=N)c1nc(Cc2ccc(NC(=O)c3cccc(Oc4ccccc4)c3)cc2)nc(N(C)C)c1OC(C)=O. The van der Waals surface area contributed by atoms with Crippen LogP contribution >= 0.6 is 0 Å². The Labute approximate surface area is 239 Å². The number of esters is 1. The maximum Gasteiger partial charge on any atom is 0.308 e. The maximum absolute atomic E-state index is 12.9. The van der Waals surface area contributed by atoms with Gasteiger partial charge in [0.2, 0.25) is 5.75 Å². The molecule has 9 heteroatoms. The van der Waals surface area contributed by atoms with Crippen LogP contribution in [0.3, 0.4) is 0 Å². The van der Waals surface area contributed by atoms with Crippen molar-refractivity contribution in [3.05, 3.63) is 102 Å². The smallest absolute Gasteiger partial charge is 0.308 e. The lowest BCUT2D eigenvalue weighted by atomic mass is 10.1. The molecule has 9 nitrogen and oxygen atoms in total. The minimum absolute atomic E-state index is 0.195. The Morgan fingerprint density at radius 3 is 2.29 bits per heavy atom. The molecule has 0 atom stereocenters. The third-order valence-corrected chi connectivity index (χ3v) is 6.00. The van der Waals surface area contributed by atoms with Crippen molar-refractivity contribution in [2.75, 3.05) is 24.3 Å². The van der Waals surface area contributed by atoms with Crippen LogP contribution in [0, 0.1) is 5.41 Å². The van der Waals surface area contributed by atoms with Crippen molar-refractivity contribution in [2.45, 2.75) is 33.1 Å². The molecule has 0 saturated heterocycles. The quantitative estimate of drug-likeness (QED) is 0.167. The zero-order valence-corrected chi connectivity index (χ0v) is 23.6. The fraction of sp³-hybridized carbons (Fsp3) is 0.219. The van der Waals surface area contributed by atoms with Crippen LogP contribution in [0.2, 0.25) is 0 Å². The lowest BCUT2D eigenvalue weighted by molar-refractivity contribution is -0.131. The molecule has 0 fully saturated rings. The van der Waals surface area contributed by atoms with E-state index in [4.69, 9.17) is 14.9 Å². The number of ether oxygens (including phenoxy) is 2. The van der Waals surface area contributed by atoms with Crippen LogP contribution in [-0.4, -0.2) is 41.7 Å². The summed E-state index contributed by atoms with van der Waals surface area (Å²) in [6.07, 6.45) is 1.64. The van der Waals surface area contributed by atoms with Gasteiger partial charge in [0.1, 0.15) is 23.0 Å². The number of para-hydroxylation sites is 1. The van der Waals surface area contributed by atoms with Gasteiger partial charge in [-0.05, 0) is 54.4 Å². The molecule has 4 aromatic rings. The summed E-state index contributed by atoms with van der Waals surface area (Å²) in [6.45, 7) is 3.29. The number of carbonyl (C=O) groups is 2. The number of benzene rings is 3. The second-order valence-electron chi connectivity index (χ2n) is 9.63. The van der Waals surface area contributed by atoms with Crippen molar-refractivity contribution in [3.8, 4) is 17.2 Å². The van der Waals surface area contributed by atoms with Crippen LogP contribution in [0.25, 0.3) is 0 Å². The lowest BCUT2D eigenvalue weighted by Crippen LogP contribution is -2.20. The zero-order chi connectivity index (χ0) is 29.4. The molecule has 1 aromatic heterocycles. The third kappa shape index (κ3) is 7.76. The molecule has 2 N–H and O–H groups in total. The average Bonchev–Trinajstić information content (AvgIpc) is 2.95. The van der Waals surface area contributed by atoms with Gasteiger partial charge in [0, 0.05) is 38.7 Å². The van der Waals surface area contributed by atoms with E-state index in [2.05, 4.69) is 15.3 Å². The summed E-state index contributed by atoms with van der Waals surface area (Å²) in [5.41, 5.74) is 2.63. The Balaban J connectivity index is 1.50. The van der Waals surface area contributed by atoms with Gasteiger partial charge in [0.05, 0.1) is 5.71 Å². The Bertz CT molecular complexity index is 1540. The van der Waals surface area contributed by atoms with Gasteiger partial charge in [-0.15, -0.1) is 0 Å². The molecule has 210 valence electrons. The van der Waals surface area contributed by atoms with Gasteiger partial charge >= 0.3 is 5.97 Å². The van der Waals surface area contributed by atoms with E-state index >= 15 is 0 Å². The summed E-state index contributed by atoms with van der Waals surface area (Å²) in [4.78, 5) is 35.7. The fourth-order valence-electron chi connectivity index (χ4n) is 4.09. The number of hydrogen-bond acceptors (Lipinski definition) is 8. The van der Waals surface area contributed by atoms with Crippen LogP contribution in [-0.2, 0) is 11.2 Å². The van der Waals surface area contributed by atoms with Gasteiger partial charge in [0.25, 0.3) is 5.91 Å². The largest absolute Gasteiger partial charge is 0.457 e. The van der Waals surface area contributed by atoms with E-state index in [0.29, 0.717) is 52.9 Å². The maximum atomic E-state index is 12.9. The van der Waals surface area contributed by atoms with Crippen LogP contribution in [0.5, 0.6) is 17.2 Å². The third-order valence-electron chi connectivity index (χ3n) is 6.00. The Hall–Kier alpha value is -5.05. The van der Waals surface area contributed by atoms with Gasteiger partial charge in [-0.1, -0.05) is 49.7 Å². The average molecular weight is 552 g/mol. The molecule has 3 aromatic carbocycles. The molecule has 0 aliphatic rings. The number of carbonyl (C=O) groups excluding carboxylic acids is 2. The van der Waals surface area contributed by atoms with E-state index in [9.17, 15) is 9.59 Å². The first-order valence-corrected chi connectivity index (χ1v) is 13.3. The highest BCUT2D eigenvalue weighted by Crippen LogP contribution is 2.30. The van der Waals surface area contributed by atoms with E-state index in [1.807, 2.05) is 61.5 Å². The molecule has 0 bridgehead atoms. The monoisotopic (exact) mass is 551 g/mol. The number of aromatic nitrogens is 2. The number of anilines is 2. The summed E-state index contributed by atoms with van der Waals surface area (Å²) in [5, 5.41) is 11.4. The Morgan fingerprint density at radius 1 is 0.927 bits per heavy atom. The minimum atomic E-state index is -0.497. The topological polar surface area (TPSA) is 118 Å². The number of hydrogen-bond donors (Lipinski definition) is 2. The second-order valence-corrected chi connectivity index (χ2v) is 9.63. The normalized spacial score (nSPS) is 10.5. The van der Waals surface area contributed by atoms with Crippen molar-refractivity contribution in [2.24, 2.45) is 0 Å². The highest BCUT2D eigenvalue weighted by Gasteiger charge is 2.22. The van der Waals surface area contributed by atoms with Crippen molar-refractivity contribution >= 4 is 29.1 Å². The first kappa shape index (κ1) is 28.9. The molecule has 4 rings (SSSR count). The highest BCUT2D eigenvalue weighted by molar-refractivity contribution is 6.04. The molecule has 0 saturated carbocycles. The molecule has 41 heavy (non-hydrogen) atoms. The summed E-state index contributed by atoms with van der Waals surface area (Å²) in [7, 11) is 3.60. The highest BCUT2D eigenvalue weighted by atomic mass is 16.5. The van der Waals surface area contributed by atoms with Crippen LogP contribution in [0.4, 0.5) is 11.5 Å². The van der Waals surface area contributed by atoms with Gasteiger partial charge in [-0.3, -0.25) is 9.59 Å². The minimum Gasteiger partial charge on any atom is -0.457 e. The van der Waals surface area contributed by atoms with Crippen molar-refractivity contribution in [3.63, 3.8) is 0 Å². The van der Waals surface area contributed by atoms with E-state index in [-0.39, 0.29) is 17.4 Å². The zero-order valence-electron chi connectivity index (χ0n) is 23.6. The van der Waals surface area contributed by atoms with Crippen LogP contribution in [0.1, 0.15) is 54.1 Å². The molecule has 1 heterocycles. The van der Waals surface area contributed by atoms with Crippen molar-refractivity contribution in [1.82, 2.24) is 9.97 Å². The summed E-state index contributed by atoms with van der Waals surface area (Å²) in [5.74, 6) is 1.63. The van der Waals surface area contributed by atoms with Gasteiger partial charge < -0.3 is 25.1 Å². The van der Waals surface area contributed by atoms with E-state index in [1.165, 1.54) is 6.92 Å². The van der Waals surface area contributed by atoms with Crippen molar-refractivity contribution < 1.29 is 19.1 Å². The van der Waals surface area contributed by atoms with Crippen molar-refractivity contribution in [1.29, 1.82) is 5.41 Å². The number of nitrogens with zero attached hydrogens (tertiary/aromatic N) is 3. The summed E-state index contributed by atoms with van der Waals surface area (Å²) >= 11 is 0. The molecular formula is C32H33N5O4. The molecule has 0 unspecified atom stereocenters. The fourth-order valence-corrected chi connectivity index (χ4v) is 4.09. The summed E-state index contributed by atoms with van der Waals surface area (Å²) in [6, 6.07) is 23.8. The molecule has 1 amide bonds. The van der Waals surface area contributed by atoms with E-state index < -0.39 is 5.97 Å². The predicted molar refractivity (Wildman–Crippen MR) is 160 cm³/mol. The number of nitrogens with one attached hydrogen (secondary N) is 2. The van der Waals surface area contributed by atoms with Gasteiger partial charge in [-0.25, -0.2) is 9.97 Å². The molecule has 0 radical (unpaired) electrons.